The molecule has 28 heavy (non-hydrogen) atoms. The van der Waals surface area contributed by atoms with Crippen LogP contribution in [0.5, 0.6) is 0 Å². The Morgan fingerprint density at radius 3 is 2.43 bits per heavy atom. The minimum Gasteiger partial charge on any atom is -0.369 e. The number of pyridine rings is 1. The quantitative estimate of drug-likeness (QED) is 0.784. The molecule has 0 spiro atoms. The minimum absolute atomic E-state index is 0.149. The van der Waals surface area contributed by atoms with Crippen molar-refractivity contribution in [2.45, 2.75) is 25.3 Å². The van der Waals surface area contributed by atoms with Crippen molar-refractivity contribution in [1.29, 1.82) is 0 Å². The third kappa shape index (κ3) is 4.94. The van der Waals surface area contributed by atoms with Crippen molar-refractivity contribution in [3.05, 3.63) is 66.0 Å². The lowest BCUT2D eigenvalue weighted by Crippen LogP contribution is -2.52. The molecule has 0 saturated carbocycles. The number of hydrogen-bond acceptors (Lipinski definition) is 4. The maximum atomic E-state index is 13.1. The van der Waals surface area contributed by atoms with Crippen molar-refractivity contribution >= 4 is 17.7 Å². The lowest BCUT2D eigenvalue weighted by atomic mass is 9.95. The Labute approximate surface area is 163 Å². The van der Waals surface area contributed by atoms with Crippen molar-refractivity contribution in [1.82, 2.24) is 15.2 Å². The molecule has 3 N–H and O–H groups in total. The summed E-state index contributed by atoms with van der Waals surface area (Å²) >= 11 is 0. The summed E-state index contributed by atoms with van der Waals surface area (Å²) in [5, 5.41) is 2.85. The normalized spacial score (nSPS) is 15.6. The average molecular weight is 380 g/mol. The summed E-state index contributed by atoms with van der Waals surface area (Å²) in [5.41, 5.74) is 6.74. The van der Waals surface area contributed by atoms with Crippen LogP contribution in [-0.4, -0.2) is 46.7 Å². The number of rotatable bonds is 6. The van der Waals surface area contributed by atoms with E-state index < -0.39 is 6.04 Å². The van der Waals surface area contributed by atoms with Crippen molar-refractivity contribution in [2.75, 3.05) is 13.1 Å². The Balaban J connectivity index is 1.73. The van der Waals surface area contributed by atoms with Crippen LogP contribution in [0.1, 0.15) is 28.8 Å². The number of nitrogens with zero attached hydrogens (tertiary/aromatic N) is 2. The highest BCUT2D eigenvalue weighted by atomic mass is 16.2. The molecule has 1 atom stereocenters. The lowest BCUT2D eigenvalue weighted by Gasteiger charge is -2.33. The van der Waals surface area contributed by atoms with Gasteiger partial charge in [0.15, 0.2) is 0 Å². The number of amides is 3. The highest BCUT2D eigenvalue weighted by Gasteiger charge is 2.31. The first-order valence-electron chi connectivity index (χ1n) is 9.37. The van der Waals surface area contributed by atoms with Gasteiger partial charge in [0.25, 0.3) is 5.91 Å². The van der Waals surface area contributed by atoms with Crippen molar-refractivity contribution in [3.8, 4) is 0 Å². The fourth-order valence-electron chi connectivity index (χ4n) is 3.39. The molecular formula is C21H24N4O3. The number of aromatic nitrogens is 1. The van der Waals surface area contributed by atoms with Crippen LogP contribution in [0.4, 0.5) is 0 Å². The van der Waals surface area contributed by atoms with Crippen LogP contribution < -0.4 is 11.1 Å². The zero-order valence-electron chi connectivity index (χ0n) is 15.6. The highest BCUT2D eigenvalue weighted by molar-refractivity contribution is 5.97. The molecule has 0 radical (unpaired) electrons. The molecule has 0 bridgehead atoms. The molecule has 7 heteroatoms. The summed E-state index contributed by atoms with van der Waals surface area (Å²) in [7, 11) is 0. The molecule has 1 saturated heterocycles. The Morgan fingerprint density at radius 1 is 1.11 bits per heavy atom. The van der Waals surface area contributed by atoms with Crippen molar-refractivity contribution in [2.24, 2.45) is 11.7 Å². The van der Waals surface area contributed by atoms with Gasteiger partial charge < -0.3 is 16.0 Å². The van der Waals surface area contributed by atoms with Gasteiger partial charge in [-0.15, -0.1) is 0 Å². The van der Waals surface area contributed by atoms with Gasteiger partial charge in [0.2, 0.25) is 11.8 Å². The Bertz CT molecular complexity index is 818. The highest BCUT2D eigenvalue weighted by Crippen LogP contribution is 2.18. The standard InChI is InChI=1S/C21H24N4O3/c22-19(26)16-8-11-25(12-9-16)21(28)18(13-15-5-2-1-3-6-15)24-20(27)17-7-4-10-23-14-17/h1-7,10,14,16,18H,8-9,11-13H2,(H2,22,26)(H,24,27)/t18-/m1/s1. The molecule has 0 unspecified atom stereocenters. The van der Waals surface area contributed by atoms with Gasteiger partial charge >= 0.3 is 0 Å². The molecule has 7 nitrogen and oxygen atoms in total. The van der Waals surface area contributed by atoms with E-state index in [0.717, 1.165) is 5.56 Å². The third-order valence-corrected chi connectivity index (χ3v) is 5.02. The number of primary amides is 1. The smallest absolute Gasteiger partial charge is 0.253 e. The largest absolute Gasteiger partial charge is 0.369 e. The van der Waals surface area contributed by atoms with Crippen LogP contribution in [0.15, 0.2) is 54.9 Å². The summed E-state index contributed by atoms with van der Waals surface area (Å²) in [5.74, 6) is -1.00. The van der Waals surface area contributed by atoms with E-state index in [1.165, 1.54) is 6.20 Å². The van der Waals surface area contributed by atoms with Crippen LogP contribution in [0.3, 0.4) is 0 Å². The van der Waals surface area contributed by atoms with Gasteiger partial charge in [0, 0.05) is 37.8 Å². The first-order chi connectivity index (χ1) is 13.5. The number of piperidine rings is 1. The Morgan fingerprint density at radius 2 is 1.82 bits per heavy atom. The zero-order chi connectivity index (χ0) is 19.9. The SMILES string of the molecule is NC(=O)C1CCN(C(=O)[C@@H](Cc2ccccc2)NC(=O)c2cccnc2)CC1. The fourth-order valence-corrected chi connectivity index (χ4v) is 3.39. The van der Waals surface area contributed by atoms with E-state index in [2.05, 4.69) is 10.3 Å². The van der Waals surface area contributed by atoms with Gasteiger partial charge in [-0.25, -0.2) is 0 Å². The predicted octanol–water partition coefficient (Wildman–Crippen LogP) is 1.15. The molecule has 1 aliphatic heterocycles. The second-order valence-corrected chi connectivity index (χ2v) is 6.96. The van der Waals surface area contributed by atoms with Crippen LogP contribution >= 0.6 is 0 Å². The van der Waals surface area contributed by atoms with Crippen molar-refractivity contribution < 1.29 is 14.4 Å². The third-order valence-electron chi connectivity index (χ3n) is 5.02. The van der Waals surface area contributed by atoms with Crippen molar-refractivity contribution in [3.63, 3.8) is 0 Å². The summed E-state index contributed by atoms with van der Waals surface area (Å²) in [4.78, 5) is 42.7. The topological polar surface area (TPSA) is 105 Å². The first kappa shape index (κ1) is 19.5. The number of nitrogens with two attached hydrogens (primary N) is 1. The van der Waals surface area contributed by atoms with E-state index in [1.807, 2.05) is 30.3 Å². The molecular weight excluding hydrogens is 356 g/mol. The van der Waals surface area contributed by atoms with E-state index in [1.54, 1.807) is 23.2 Å². The summed E-state index contributed by atoms with van der Waals surface area (Å²) in [6, 6.07) is 12.2. The van der Waals surface area contributed by atoms with E-state index in [9.17, 15) is 14.4 Å². The van der Waals surface area contributed by atoms with Crippen LogP contribution in [0, 0.1) is 5.92 Å². The van der Waals surface area contributed by atoms with E-state index >= 15 is 0 Å². The van der Waals surface area contributed by atoms with E-state index in [-0.39, 0.29) is 23.6 Å². The molecule has 1 aromatic carbocycles. The van der Waals surface area contributed by atoms with Gasteiger partial charge in [0.05, 0.1) is 5.56 Å². The average Bonchev–Trinajstić information content (AvgIpc) is 2.74. The fraction of sp³-hybridized carbons (Fsp3) is 0.333. The Hall–Kier alpha value is -3.22. The molecule has 146 valence electrons. The zero-order valence-corrected chi connectivity index (χ0v) is 15.6. The van der Waals surface area contributed by atoms with Crippen LogP contribution in [0.25, 0.3) is 0 Å². The van der Waals surface area contributed by atoms with Gasteiger partial charge in [0.1, 0.15) is 6.04 Å². The number of carbonyl (C=O) groups excluding carboxylic acids is 3. The second kappa shape index (κ2) is 9.12. The summed E-state index contributed by atoms with van der Waals surface area (Å²) in [6.07, 6.45) is 4.55. The monoisotopic (exact) mass is 380 g/mol. The molecule has 3 amide bonds. The van der Waals surface area contributed by atoms with Crippen LogP contribution in [-0.2, 0) is 16.0 Å². The van der Waals surface area contributed by atoms with Gasteiger partial charge in [-0.2, -0.15) is 0 Å². The number of benzene rings is 1. The Kier molecular flexibility index (Phi) is 6.37. The molecule has 2 heterocycles. The first-order valence-corrected chi connectivity index (χ1v) is 9.37. The molecule has 1 aromatic heterocycles. The molecule has 0 aliphatic carbocycles. The molecule has 1 aliphatic rings. The van der Waals surface area contributed by atoms with Crippen LogP contribution in [0.2, 0.25) is 0 Å². The summed E-state index contributed by atoms with van der Waals surface area (Å²) in [6.45, 7) is 0.918. The summed E-state index contributed by atoms with van der Waals surface area (Å²) < 4.78 is 0. The lowest BCUT2D eigenvalue weighted by molar-refractivity contribution is -0.136. The molecule has 2 aromatic rings. The second-order valence-electron chi connectivity index (χ2n) is 6.96. The number of carbonyl (C=O) groups is 3. The van der Waals surface area contributed by atoms with E-state index in [0.29, 0.717) is 37.9 Å². The predicted molar refractivity (Wildman–Crippen MR) is 104 cm³/mol. The maximum absolute atomic E-state index is 13.1. The number of likely N-dealkylation sites (tertiary alicyclic amines) is 1. The van der Waals surface area contributed by atoms with Gasteiger partial charge in [-0.1, -0.05) is 30.3 Å². The molecule has 1 fully saturated rings. The number of nitrogens with one attached hydrogen (secondary N) is 1. The van der Waals surface area contributed by atoms with Gasteiger partial charge in [-0.05, 0) is 30.5 Å². The molecule has 3 rings (SSSR count). The maximum Gasteiger partial charge on any atom is 0.253 e. The van der Waals surface area contributed by atoms with E-state index in [4.69, 9.17) is 5.73 Å². The minimum atomic E-state index is -0.694. The number of hydrogen-bond donors (Lipinski definition) is 2. The van der Waals surface area contributed by atoms with Gasteiger partial charge in [-0.3, -0.25) is 19.4 Å².